The Balaban J connectivity index is 2.43. The molecule has 0 aliphatic rings. The summed E-state index contributed by atoms with van der Waals surface area (Å²) in [5.41, 5.74) is 1.73. The van der Waals surface area contributed by atoms with Gasteiger partial charge in [-0.15, -0.1) is 11.3 Å². The van der Waals surface area contributed by atoms with Crippen molar-refractivity contribution in [3.63, 3.8) is 0 Å². The molecular formula is C18H22N2O4S. The van der Waals surface area contributed by atoms with Crippen LogP contribution in [0.15, 0.2) is 18.2 Å². The highest BCUT2D eigenvalue weighted by Gasteiger charge is 2.24. The quantitative estimate of drug-likeness (QED) is 0.846. The molecule has 0 aliphatic heterocycles. The number of rotatable bonds is 5. The summed E-state index contributed by atoms with van der Waals surface area (Å²) < 4.78 is 5.26. The first-order valence-electron chi connectivity index (χ1n) is 7.79. The minimum absolute atomic E-state index is 0.149. The van der Waals surface area contributed by atoms with Crippen molar-refractivity contribution < 1.29 is 19.4 Å². The van der Waals surface area contributed by atoms with E-state index in [1.807, 2.05) is 45.9 Å². The highest BCUT2D eigenvalue weighted by Crippen LogP contribution is 2.34. The second-order valence-corrected chi connectivity index (χ2v) is 7.83. The summed E-state index contributed by atoms with van der Waals surface area (Å²) in [7, 11) is 1.60. The smallest absolute Gasteiger partial charge is 0.308 e. The van der Waals surface area contributed by atoms with Crippen molar-refractivity contribution in [1.29, 1.82) is 0 Å². The maximum absolute atomic E-state index is 12.2. The van der Waals surface area contributed by atoms with Crippen LogP contribution in [0.2, 0.25) is 0 Å². The summed E-state index contributed by atoms with van der Waals surface area (Å²) in [6.45, 7) is 7.33. The molecule has 0 unspecified atom stereocenters. The molecule has 6 nitrogen and oxygen atoms in total. The normalized spacial score (nSPS) is 11.2. The van der Waals surface area contributed by atoms with Crippen LogP contribution in [0.1, 0.15) is 31.2 Å². The average molecular weight is 362 g/mol. The molecule has 1 heterocycles. The third-order valence-corrected chi connectivity index (χ3v) is 4.55. The van der Waals surface area contributed by atoms with Gasteiger partial charge in [0.25, 0.3) is 0 Å². The van der Waals surface area contributed by atoms with Crippen LogP contribution in [0.4, 0.5) is 5.13 Å². The van der Waals surface area contributed by atoms with E-state index >= 15 is 0 Å². The molecule has 2 N–H and O–H groups in total. The molecule has 0 aliphatic carbocycles. The summed E-state index contributed by atoms with van der Waals surface area (Å²) in [6.07, 6.45) is -0.149. The number of nitrogens with zero attached hydrogens (tertiary/aromatic N) is 1. The third-order valence-electron chi connectivity index (χ3n) is 3.58. The lowest BCUT2D eigenvalue weighted by Gasteiger charge is -2.15. The van der Waals surface area contributed by atoms with Crippen molar-refractivity contribution in [3.05, 3.63) is 28.6 Å². The standard InChI is InChI=1S/C18H22N2O4S/c1-10-8-11(6-7-12(10)24-5)15-13(9-14(21)22)25-17(19-15)20-16(23)18(2,3)4/h6-8H,9H2,1-5H3,(H,21,22)(H,19,20,23). The number of aromatic nitrogens is 1. The van der Waals surface area contributed by atoms with Gasteiger partial charge in [0.15, 0.2) is 5.13 Å². The summed E-state index contributed by atoms with van der Waals surface area (Å²) in [6, 6.07) is 5.55. The Hall–Kier alpha value is -2.41. The molecule has 1 aromatic carbocycles. The number of benzene rings is 1. The number of aryl methyl sites for hydroxylation is 1. The van der Waals surface area contributed by atoms with Gasteiger partial charge in [-0.2, -0.15) is 0 Å². The molecule has 0 radical (unpaired) electrons. The van der Waals surface area contributed by atoms with E-state index in [-0.39, 0.29) is 12.3 Å². The van der Waals surface area contributed by atoms with Crippen molar-refractivity contribution >= 4 is 28.3 Å². The fourth-order valence-electron chi connectivity index (χ4n) is 2.20. The summed E-state index contributed by atoms with van der Waals surface area (Å²) in [5.74, 6) is -0.357. The molecule has 1 aromatic heterocycles. The van der Waals surface area contributed by atoms with E-state index in [0.717, 1.165) is 16.9 Å². The number of methoxy groups -OCH3 is 1. The fourth-order valence-corrected chi connectivity index (χ4v) is 3.17. The Morgan fingerprint density at radius 2 is 2.00 bits per heavy atom. The third kappa shape index (κ3) is 4.57. The van der Waals surface area contributed by atoms with E-state index in [9.17, 15) is 9.59 Å². The number of hydrogen-bond acceptors (Lipinski definition) is 5. The second kappa shape index (κ2) is 7.23. The molecule has 0 saturated heterocycles. The minimum atomic E-state index is -0.941. The first kappa shape index (κ1) is 18.9. The van der Waals surface area contributed by atoms with Gasteiger partial charge in [0.1, 0.15) is 5.75 Å². The van der Waals surface area contributed by atoms with Crippen molar-refractivity contribution in [2.45, 2.75) is 34.1 Å². The van der Waals surface area contributed by atoms with E-state index in [2.05, 4.69) is 10.3 Å². The number of aliphatic carboxylic acids is 1. The lowest BCUT2D eigenvalue weighted by Crippen LogP contribution is -2.27. The van der Waals surface area contributed by atoms with Crippen LogP contribution in [-0.2, 0) is 16.0 Å². The Kier molecular flexibility index (Phi) is 5.47. The van der Waals surface area contributed by atoms with Gasteiger partial charge in [-0.05, 0) is 30.7 Å². The van der Waals surface area contributed by atoms with Crippen molar-refractivity contribution in [3.8, 4) is 17.0 Å². The lowest BCUT2D eigenvalue weighted by molar-refractivity contribution is -0.136. The molecule has 0 saturated carbocycles. The van der Waals surface area contributed by atoms with Gasteiger partial charge in [-0.25, -0.2) is 4.98 Å². The van der Waals surface area contributed by atoms with Gasteiger partial charge in [-0.1, -0.05) is 20.8 Å². The molecule has 2 aromatic rings. The second-order valence-electron chi connectivity index (χ2n) is 6.75. The number of amides is 1. The van der Waals surface area contributed by atoms with Gasteiger partial charge in [0.05, 0.1) is 19.2 Å². The van der Waals surface area contributed by atoms with Crippen LogP contribution in [-0.4, -0.2) is 29.1 Å². The zero-order valence-electron chi connectivity index (χ0n) is 15.0. The monoisotopic (exact) mass is 362 g/mol. The highest BCUT2D eigenvalue weighted by atomic mass is 32.1. The molecule has 0 atom stereocenters. The van der Waals surface area contributed by atoms with Crippen LogP contribution in [0.5, 0.6) is 5.75 Å². The van der Waals surface area contributed by atoms with Crippen LogP contribution >= 0.6 is 11.3 Å². The molecule has 134 valence electrons. The van der Waals surface area contributed by atoms with Gasteiger partial charge < -0.3 is 15.2 Å². The Morgan fingerprint density at radius 3 is 2.52 bits per heavy atom. The van der Waals surface area contributed by atoms with Gasteiger partial charge >= 0.3 is 5.97 Å². The number of carboxylic acid groups (broad SMARTS) is 1. The summed E-state index contributed by atoms with van der Waals surface area (Å²) in [5, 5.41) is 12.3. The highest BCUT2D eigenvalue weighted by molar-refractivity contribution is 7.16. The Labute approximate surface area is 150 Å². The molecule has 1 amide bonds. The summed E-state index contributed by atoms with van der Waals surface area (Å²) >= 11 is 1.19. The molecule has 0 bridgehead atoms. The number of carbonyl (C=O) groups excluding carboxylic acids is 1. The fraction of sp³-hybridized carbons (Fsp3) is 0.389. The predicted octanol–water partition coefficient (Wildman–Crippen LogP) is 3.74. The SMILES string of the molecule is COc1ccc(-c2nc(NC(=O)C(C)(C)C)sc2CC(=O)O)cc1C. The Morgan fingerprint density at radius 1 is 1.32 bits per heavy atom. The summed E-state index contributed by atoms with van der Waals surface area (Å²) in [4.78, 5) is 28.4. The zero-order valence-corrected chi connectivity index (χ0v) is 15.8. The van der Waals surface area contributed by atoms with Gasteiger partial charge in [0, 0.05) is 15.9 Å². The maximum Gasteiger partial charge on any atom is 0.308 e. The van der Waals surface area contributed by atoms with Crippen LogP contribution < -0.4 is 10.1 Å². The number of anilines is 1. The molecule has 0 spiro atoms. The van der Waals surface area contributed by atoms with Crippen molar-refractivity contribution in [2.24, 2.45) is 5.41 Å². The van der Waals surface area contributed by atoms with Crippen molar-refractivity contribution in [2.75, 3.05) is 12.4 Å². The Bertz CT molecular complexity index is 806. The molecule has 2 rings (SSSR count). The van der Waals surface area contributed by atoms with E-state index in [1.54, 1.807) is 7.11 Å². The molecule has 7 heteroatoms. The van der Waals surface area contributed by atoms with Gasteiger partial charge in [0.2, 0.25) is 5.91 Å². The van der Waals surface area contributed by atoms with E-state index in [4.69, 9.17) is 9.84 Å². The average Bonchev–Trinajstić information content (AvgIpc) is 2.87. The number of hydrogen-bond donors (Lipinski definition) is 2. The first-order chi connectivity index (χ1) is 11.6. The molecule has 0 fully saturated rings. The molecular weight excluding hydrogens is 340 g/mol. The number of nitrogens with one attached hydrogen (secondary N) is 1. The number of carboxylic acids is 1. The zero-order chi connectivity index (χ0) is 18.8. The number of carbonyl (C=O) groups is 2. The van der Waals surface area contributed by atoms with E-state index in [1.165, 1.54) is 11.3 Å². The van der Waals surface area contributed by atoms with E-state index in [0.29, 0.717) is 15.7 Å². The van der Waals surface area contributed by atoms with Crippen LogP contribution in [0, 0.1) is 12.3 Å². The topological polar surface area (TPSA) is 88.5 Å². The van der Waals surface area contributed by atoms with Crippen molar-refractivity contribution in [1.82, 2.24) is 4.98 Å². The maximum atomic E-state index is 12.2. The number of ether oxygens (including phenoxy) is 1. The predicted molar refractivity (Wildman–Crippen MR) is 98.3 cm³/mol. The molecule has 25 heavy (non-hydrogen) atoms. The van der Waals surface area contributed by atoms with Crippen LogP contribution in [0.25, 0.3) is 11.3 Å². The largest absolute Gasteiger partial charge is 0.496 e. The lowest BCUT2D eigenvalue weighted by atomic mass is 9.96. The van der Waals surface area contributed by atoms with E-state index < -0.39 is 11.4 Å². The minimum Gasteiger partial charge on any atom is -0.496 e. The van der Waals surface area contributed by atoms with Crippen LogP contribution in [0.3, 0.4) is 0 Å². The number of thiazole rings is 1. The van der Waals surface area contributed by atoms with Gasteiger partial charge in [-0.3, -0.25) is 9.59 Å². The first-order valence-corrected chi connectivity index (χ1v) is 8.61.